The standard InChI is InChI=1S/C20H16F3N5O/c1-12(29)26-17-7-14(15-8-25-27(2)10-15)11-28-18(9-24-19(17)28)13-4-3-5-16(6-13)20(21,22)23/h3-11H,1-2H3,(H,26,29). The summed E-state index contributed by atoms with van der Waals surface area (Å²) in [4.78, 5) is 16.0. The van der Waals surface area contributed by atoms with Crippen LogP contribution in [0.15, 0.2) is 55.1 Å². The highest BCUT2D eigenvalue weighted by Gasteiger charge is 2.30. The van der Waals surface area contributed by atoms with Crippen LogP contribution in [0.5, 0.6) is 0 Å². The van der Waals surface area contributed by atoms with E-state index < -0.39 is 11.7 Å². The van der Waals surface area contributed by atoms with Crippen molar-refractivity contribution in [2.45, 2.75) is 13.1 Å². The molecular formula is C20H16F3N5O. The Bertz CT molecular complexity index is 1220. The van der Waals surface area contributed by atoms with Crippen molar-refractivity contribution in [2.75, 3.05) is 5.32 Å². The second-order valence-corrected chi connectivity index (χ2v) is 6.64. The molecule has 0 fully saturated rings. The molecule has 9 heteroatoms. The van der Waals surface area contributed by atoms with E-state index in [-0.39, 0.29) is 5.91 Å². The molecule has 0 radical (unpaired) electrons. The molecule has 4 aromatic rings. The number of nitrogens with zero attached hydrogens (tertiary/aromatic N) is 4. The number of nitrogens with one attached hydrogen (secondary N) is 1. The van der Waals surface area contributed by atoms with Crippen LogP contribution in [0, 0.1) is 0 Å². The molecule has 0 spiro atoms. The molecule has 1 aromatic carbocycles. The van der Waals surface area contributed by atoms with Crippen molar-refractivity contribution in [3.63, 3.8) is 0 Å². The minimum atomic E-state index is -4.45. The topological polar surface area (TPSA) is 64.2 Å². The zero-order valence-corrected chi connectivity index (χ0v) is 15.5. The van der Waals surface area contributed by atoms with Crippen LogP contribution in [0.3, 0.4) is 0 Å². The van der Waals surface area contributed by atoms with E-state index in [1.54, 1.807) is 46.9 Å². The van der Waals surface area contributed by atoms with E-state index in [0.717, 1.165) is 23.3 Å². The average Bonchev–Trinajstić information content (AvgIpc) is 3.27. The van der Waals surface area contributed by atoms with E-state index in [1.165, 1.54) is 19.2 Å². The largest absolute Gasteiger partial charge is 0.416 e. The number of anilines is 1. The SMILES string of the molecule is CC(=O)Nc1cc(-c2cnn(C)c2)cn2c(-c3cccc(C(F)(F)F)c3)cnc12. The fraction of sp³-hybridized carbons (Fsp3) is 0.150. The van der Waals surface area contributed by atoms with Crippen LogP contribution in [0.1, 0.15) is 12.5 Å². The van der Waals surface area contributed by atoms with Gasteiger partial charge in [-0.25, -0.2) is 4.98 Å². The second-order valence-electron chi connectivity index (χ2n) is 6.64. The van der Waals surface area contributed by atoms with Crippen LogP contribution in [-0.4, -0.2) is 25.1 Å². The van der Waals surface area contributed by atoms with E-state index in [0.29, 0.717) is 22.6 Å². The van der Waals surface area contributed by atoms with Gasteiger partial charge in [-0.15, -0.1) is 0 Å². The summed E-state index contributed by atoms with van der Waals surface area (Å²) in [6.45, 7) is 1.38. The Hall–Kier alpha value is -3.62. The quantitative estimate of drug-likeness (QED) is 0.556. The van der Waals surface area contributed by atoms with E-state index in [4.69, 9.17) is 0 Å². The van der Waals surface area contributed by atoms with Crippen molar-refractivity contribution >= 4 is 17.2 Å². The number of carbonyl (C=O) groups excluding carboxylic acids is 1. The molecular weight excluding hydrogens is 383 g/mol. The predicted molar refractivity (Wildman–Crippen MR) is 102 cm³/mol. The third kappa shape index (κ3) is 3.58. The molecule has 3 aromatic heterocycles. The number of amides is 1. The fourth-order valence-electron chi connectivity index (χ4n) is 3.17. The number of aromatic nitrogens is 4. The average molecular weight is 399 g/mol. The highest BCUT2D eigenvalue weighted by Crippen LogP contribution is 2.34. The van der Waals surface area contributed by atoms with Crippen molar-refractivity contribution in [3.05, 3.63) is 60.7 Å². The summed E-state index contributed by atoms with van der Waals surface area (Å²) < 4.78 is 42.7. The third-order valence-electron chi connectivity index (χ3n) is 4.44. The molecule has 6 nitrogen and oxygen atoms in total. The van der Waals surface area contributed by atoms with Gasteiger partial charge in [0.2, 0.25) is 5.91 Å². The first kappa shape index (κ1) is 18.7. The first-order chi connectivity index (χ1) is 13.7. The number of imidazole rings is 1. The number of rotatable bonds is 3. The lowest BCUT2D eigenvalue weighted by molar-refractivity contribution is -0.137. The Morgan fingerprint density at radius 3 is 2.52 bits per heavy atom. The molecule has 0 atom stereocenters. The molecule has 0 aliphatic heterocycles. The number of hydrogen-bond donors (Lipinski definition) is 1. The van der Waals surface area contributed by atoms with Gasteiger partial charge in [-0.05, 0) is 18.2 Å². The number of fused-ring (bicyclic) bond motifs is 1. The molecule has 1 N–H and O–H groups in total. The number of halogens is 3. The summed E-state index contributed by atoms with van der Waals surface area (Å²) in [7, 11) is 1.78. The molecule has 0 saturated heterocycles. The molecule has 3 heterocycles. The van der Waals surface area contributed by atoms with Crippen LogP contribution in [0.2, 0.25) is 0 Å². The van der Waals surface area contributed by atoms with Gasteiger partial charge in [0.1, 0.15) is 0 Å². The van der Waals surface area contributed by atoms with Crippen molar-refractivity contribution in [1.82, 2.24) is 19.2 Å². The molecule has 0 aliphatic carbocycles. The minimum absolute atomic E-state index is 0.279. The Labute approximate surface area is 163 Å². The monoisotopic (exact) mass is 399 g/mol. The lowest BCUT2D eigenvalue weighted by Gasteiger charge is -2.11. The maximum atomic E-state index is 13.1. The summed E-state index contributed by atoms with van der Waals surface area (Å²) in [6.07, 6.45) is 2.28. The maximum absolute atomic E-state index is 13.1. The highest BCUT2D eigenvalue weighted by atomic mass is 19.4. The zero-order chi connectivity index (χ0) is 20.8. The Morgan fingerprint density at radius 2 is 1.86 bits per heavy atom. The zero-order valence-electron chi connectivity index (χ0n) is 15.5. The first-order valence-corrected chi connectivity index (χ1v) is 8.68. The molecule has 0 unspecified atom stereocenters. The Balaban J connectivity index is 1.94. The lowest BCUT2D eigenvalue weighted by Crippen LogP contribution is -2.08. The number of carbonyl (C=O) groups is 1. The third-order valence-corrected chi connectivity index (χ3v) is 4.44. The van der Waals surface area contributed by atoms with E-state index in [2.05, 4.69) is 15.4 Å². The first-order valence-electron chi connectivity index (χ1n) is 8.68. The summed E-state index contributed by atoms with van der Waals surface area (Å²) in [5, 5.41) is 6.89. The smallest absolute Gasteiger partial charge is 0.323 e. The fourth-order valence-corrected chi connectivity index (χ4v) is 3.17. The molecule has 0 bridgehead atoms. The van der Waals surface area contributed by atoms with Gasteiger partial charge in [0.05, 0.1) is 29.3 Å². The van der Waals surface area contributed by atoms with Gasteiger partial charge in [-0.3, -0.25) is 13.9 Å². The number of benzene rings is 1. The number of hydrogen-bond acceptors (Lipinski definition) is 3. The van der Waals surface area contributed by atoms with Gasteiger partial charge in [0, 0.05) is 43.1 Å². The molecule has 0 saturated carbocycles. The number of pyridine rings is 1. The van der Waals surface area contributed by atoms with Gasteiger partial charge in [0.15, 0.2) is 5.65 Å². The maximum Gasteiger partial charge on any atom is 0.416 e. The minimum Gasteiger partial charge on any atom is -0.323 e. The molecule has 29 heavy (non-hydrogen) atoms. The van der Waals surface area contributed by atoms with Crippen LogP contribution in [-0.2, 0) is 18.0 Å². The van der Waals surface area contributed by atoms with Gasteiger partial charge in [-0.2, -0.15) is 18.3 Å². The summed E-state index contributed by atoms with van der Waals surface area (Å²) in [6, 6.07) is 6.82. The Morgan fingerprint density at radius 1 is 1.07 bits per heavy atom. The van der Waals surface area contributed by atoms with E-state index in [1.807, 2.05) is 0 Å². The summed E-state index contributed by atoms with van der Waals surface area (Å²) in [5.74, 6) is -0.279. The van der Waals surface area contributed by atoms with Crippen molar-refractivity contribution in [3.8, 4) is 22.4 Å². The number of alkyl halides is 3. The Kier molecular flexibility index (Phi) is 4.37. The highest BCUT2D eigenvalue weighted by molar-refractivity contribution is 5.94. The summed E-state index contributed by atoms with van der Waals surface area (Å²) >= 11 is 0. The van der Waals surface area contributed by atoms with Crippen molar-refractivity contribution in [1.29, 1.82) is 0 Å². The predicted octanol–water partition coefficient (Wildman–Crippen LogP) is 4.38. The second kappa shape index (κ2) is 6.77. The molecule has 1 amide bonds. The molecule has 4 rings (SSSR count). The van der Waals surface area contributed by atoms with Crippen LogP contribution in [0.25, 0.3) is 28.0 Å². The van der Waals surface area contributed by atoms with E-state index >= 15 is 0 Å². The molecule has 148 valence electrons. The van der Waals surface area contributed by atoms with E-state index in [9.17, 15) is 18.0 Å². The lowest BCUT2D eigenvalue weighted by atomic mass is 10.1. The molecule has 0 aliphatic rings. The summed E-state index contributed by atoms with van der Waals surface area (Å²) in [5.41, 5.74) is 2.52. The van der Waals surface area contributed by atoms with Crippen LogP contribution >= 0.6 is 0 Å². The van der Waals surface area contributed by atoms with Crippen LogP contribution in [0.4, 0.5) is 18.9 Å². The van der Waals surface area contributed by atoms with Crippen LogP contribution < -0.4 is 5.32 Å². The van der Waals surface area contributed by atoms with Crippen molar-refractivity contribution in [2.24, 2.45) is 7.05 Å². The van der Waals surface area contributed by atoms with Gasteiger partial charge in [0.25, 0.3) is 0 Å². The van der Waals surface area contributed by atoms with Gasteiger partial charge >= 0.3 is 6.18 Å². The number of aryl methyl sites for hydroxylation is 1. The normalized spacial score (nSPS) is 11.8. The van der Waals surface area contributed by atoms with Gasteiger partial charge < -0.3 is 5.32 Å². The van der Waals surface area contributed by atoms with Crippen molar-refractivity contribution < 1.29 is 18.0 Å². The van der Waals surface area contributed by atoms with Gasteiger partial charge in [-0.1, -0.05) is 12.1 Å².